The van der Waals surface area contributed by atoms with Crippen LogP contribution < -0.4 is 5.32 Å². The fraction of sp³-hybridized carbons (Fsp3) is 0.692. The number of nitrogens with zero attached hydrogens (tertiary/aromatic N) is 3. The predicted octanol–water partition coefficient (Wildman–Crippen LogP) is 1.97. The molecule has 0 radical (unpaired) electrons. The smallest absolute Gasteiger partial charge is 0.244 e. The van der Waals surface area contributed by atoms with Crippen LogP contribution in [0.3, 0.4) is 0 Å². The molecule has 1 rings (SSSR count). The third-order valence-corrected chi connectivity index (χ3v) is 4.13. The molecule has 0 saturated heterocycles. The molecule has 1 amide bonds. The fourth-order valence-corrected chi connectivity index (χ4v) is 2.20. The van der Waals surface area contributed by atoms with E-state index in [1.807, 2.05) is 13.8 Å². The molecule has 6 heteroatoms. The minimum absolute atomic E-state index is 0.00542. The lowest BCUT2D eigenvalue weighted by molar-refractivity contribution is -0.124. The Morgan fingerprint density at radius 2 is 2.16 bits per heavy atom. The average Bonchev–Trinajstić information content (AvgIpc) is 2.74. The molecule has 0 aromatic carbocycles. The highest BCUT2D eigenvalue weighted by Gasteiger charge is 2.18. The highest BCUT2D eigenvalue weighted by Crippen LogP contribution is 2.18. The van der Waals surface area contributed by atoms with Crippen LogP contribution in [0.4, 0.5) is 0 Å². The van der Waals surface area contributed by atoms with E-state index < -0.39 is 0 Å². The van der Waals surface area contributed by atoms with Crippen molar-refractivity contribution < 1.29 is 4.79 Å². The van der Waals surface area contributed by atoms with Crippen LogP contribution in [0.1, 0.15) is 32.5 Å². The van der Waals surface area contributed by atoms with Gasteiger partial charge in [-0.3, -0.25) is 9.48 Å². The van der Waals surface area contributed by atoms with Crippen molar-refractivity contribution in [2.75, 3.05) is 26.2 Å². The summed E-state index contributed by atoms with van der Waals surface area (Å²) in [7, 11) is 0. The maximum Gasteiger partial charge on any atom is 0.244 e. The Labute approximate surface area is 123 Å². The Kier molecular flexibility index (Phi) is 6.51. The number of carbonyl (C=O) groups excluding carboxylic acids is 1. The highest BCUT2D eigenvalue weighted by atomic mass is 79.9. The molecule has 0 aliphatic carbocycles. The van der Waals surface area contributed by atoms with Gasteiger partial charge in [0.1, 0.15) is 6.04 Å². The van der Waals surface area contributed by atoms with Crippen molar-refractivity contribution in [3.63, 3.8) is 0 Å². The van der Waals surface area contributed by atoms with Crippen LogP contribution in [0.2, 0.25) is 0 Å². The first kappa shape index (κ1) is 16.2. The lowest BCUT2D eigenvalue weighted by Crippen LogP contribution is -2.38. The zero-order valence-corrected chi connectivity index (χ0v) is 13.7. The second-order valence-electron chi connectivity index (χ2n) is 4.52. The normalized spacial score (nSPS) is 12.7. The van der Waals surface area contributed by atoms with Gasteiger partial charge in [-0.25, -0.2) is 0 Å². The number of hydrogen-bond donors (Lipinski definition) is 1. The molecule has 1 aromatic rings. The number of likely N-dealkylation sites (N-methyl/N-ethyl adjacent to an activating group) is 1. The number of amides is 1. The molecule has 1 unspecified atom stereocenters. The van der Waals surface area contributed by atoms with Gasteiger partial charge in [0.15, 0.2) is 0 Å². The Morgan fingerprint density at radius 3 is 2.63 bits per heavy atom. The molecular weight excluding hydrogens is 308 g/mol. The van der Waals surface area contributed by atoms with Crippen LogP contribution in [0.5, 0.6) is 0 Å². The van der Waals surface area contributed by atoms with E-state index in [0.29, 0.717) is 6.54 Å². The quantitative estimate of drug-likeness (QED) is 0.831. The molecule has 1 N–H and O–H groups in total. The average molecular weight is 331 g/mol. The third-order valence-electron chi connectivity index (χ3n) is 3.35. The number of halogens is 1. The molecule has 108 valence electrons. The van der Waals surface area contributed by atoms with Gasteiger partial charge < -0.3 is 10.2 Å². The summed E-state index contributed by atoms with van der Waals surface area (Å²) < 4.78 is 2.66. The molecule has 1 aromatic heterocycles. The van der Waals surface area contributed by atoms with Crippen molar-refractivity contribution in [3.05, 3.63) is 16.4 Å². The zero-order chi connectivity index (χ0) is 14.4. The number of nitrogens with one attached hydrogen (secondary N) is 1. The van der Waals surface area contributed by atoms with Crippen molar-refractivity contribution in [1.82, 2.24) is 20.0 Å². The van der Waals surface area contributed by atoms with Gasteiger partial charge in [-0.1, -0.05) is 13.8 Å². The SMILES string of the molecule is CCN(CC)CCNC(=O)C(C)n1ncc(Br)c1C. The number of rotatable bonds is 7. The first-order valence-corrected chi connectivity index (χ1v) is 7.50. The molecule has 0 aliphatic rings. The highest BCUT2D eigenvalue weighted by molar-refractivity contribution is 9.10. The van der Waals surface area contributed by atoms with Crippen LogP contribution >= 0.6 is 15.9 Å². The first-order valence-electron chi connectivity index (χ1n) is 6.70. The van der Waals surface area contributed by atoms with Crippen molar-refractivity contribution in [2.45, 2.75) is 33.7 Å². The standard InChI is InChI=1S/C13H23BrN4O/c1-5-17(6-2)8-7-15-13(19)11(4)18-10(3)12(14)9-16-18/h9,11H,5-8H2,1-4H3,(H,15,19). The van der Waals surface area contributed by atoms with Gasteiger partial charge in [-0.15, -0.1) is 0 Å². The van der Waals surface area contributed by atoms with E-state index in [9.17, 15) is 4.79 Å². The molecule has 1 atom stereocenters. The fourth-order valence-electron chi connectivity index (χ4n) is 1.93. The Bertz CT molecular complexity index is 415. The Hall–Kier alpha value is -0.880. The van der Waals surface area contributed by atoms with Crippen molar-refractivity contribution in [3.8, 4) is 0 Å². The van der Waals surface area contributed by atoms with E-state index in [0.717, 1.165) is 29.8 Å². The Balaban J connectivity index is 2.47. The van der Waals surface area contributed by atoms with Crippen molar-refractivity contribution in [1.29, 1.82) is 0 Å². The van der Waals surface area contributed by atoms with E-state index in [1.54, 1.807) is 10.9 Å². The largest absolute Gasteiger partial charge is 0.353 e. The van der Waals surface area contributed by atoms with Crippen LogP contribution in [0.15, 0.2) is 10.7 Å². The maximum absolute atomic E-state index is 12.1. The molecule has 0 saturated carbocycles. The van der Waals surface area contributed by atoms with Gasteiger partial charge in [-0.05, 0) is 42.9 Å². The summed E-state index contributed by atoms with van der Waals surface area (Å²) in [6.45, 7) is 11.6. The summed E-state index contributed by atoms with van der Waals surface area (Å²) in [5.74, 6) is 0.00542. The number of carbonyl (C=O) groups is 1. The summed E-state index contributed by atoms with van der Waals surface area (Å²) >= 11 is 3.40. The molecule has 0 spiro atoms. The van der Waals surface area contributed by atoms with Gasteiger partial charge in [0, 0.05) is 13.1 Å². The van der Waals surface area contributed by atoms with Gasteiger partial charge in [0.25, 0.3) is 0 Å². The van der Waals surface area contributed by atoms with E-state index in [2.05, 4.69) is 45.1 Å². The van der Waals surface area contributed by atoms with Gasteiger partial charge in [-0.2, -0.15) is 5.10 Å². The third kappa shape index (κ3) is 4.31. The number of hydrogen-bond acceptors (Lipinski definition) is 3. The van der Waals surface area contributed by atoms with E-state index >= 15 is 0 Å². The van der Waals surface area contributed by atoms with E-state index in [4.69, 9.17) is 0 Å². The van der Waals surface area contributed by atoms with Crippen molar-refractivity contribution >= 4 is 21.8 Å². The van der Waals surface area contributed by atoms with Gasteiger partial charge in [0.2, 0.25) is 5.91 Å². The molecule has 1 heterocycles. The molecule has 0 bridgehead atoms. The lowest BCUT2D eigenvalue weighted by atomic mass is 10.3. The van der Waals surface area contributed by atoms with E-state index in [1.165, 1.54) is 0 Å². The summed E-state index contributed by atoms with van der Waals surface area (Å²) in [6, 6.07) is -0.289. The second-order valence-corrected chi connectivity index (χ2v) is 5.37. The van der Waals surface area contributed by atoms with Gasteiger partial charge in [0.05, 0.1) is 16.4 Å². The van der Waals surface area contributed by atoms with Gasteiger partial charge >= 0.3 is 0 Å². The minimum atomic E-state index is -0.289. The molecular formula is C13H23BrN4O. The number of aromatic nitrogens is 2. The topological polar surface area (TPSA) is 50.2 Å². The Morgan fingerprint density at radius 1 is 1.53 bits per heavy atom. The monoisotopic (exact) mass is 330 g/mol. The first-order chi connectivity index (χ1) is 9.01. The summed E-state index contributed by atoms with van der Waals surface area (Å²) in [5, 5.41) is 7.17. The lowest BCUT2D eigenvalue weighted by Gasteiger charge is -2.19. The van der Waals surface area contributed by atoms with Crippen LogP contribution in [-0.4, -0.2) is 46.8 Å². The summed E-state index contributed by atoms with van der Waals surface area (Å²) in [6.07, 6.45) is 1.72. The maximum atomic E-state index is 12.1. The minimum Gasteiger partial charge on any atom is -0.353 e. The van der Waals surface area contributed by atoms with E-state index in [-0.39, 0.29) is 11.9 Å². The van der Waals surface area contributed by atoms with Crippen molar-refractivity contribution in [2.24, 2.45) is 0 Å². The van der Waals surface area contributed by atoms with Crippen LogP contribution in [0, 0.1) is 6.92 Å². The zero-order valence-electron chi connectivity index (χ0n) is 12.1. The predicted molar refractivity (Wildman–Crippen MR) is 80.2 cm³/mol. The van der Waals surface area contributed by atoms with Crippen LogP contribution in [0.25, 0.3) is 0 Å². The molecule has 19 heavy (non-hydrogen) atoms. The second kappa shape index (κ2) is 7.65. The van der Waals surface area contributed by atoms with Crippen LogP contribution in [-0.2, 0) is 4.79 Å². The summed E-state index contributed by atoms with van der Waals surface area (Å²) in [4.78, 5) is 14.3. The molecule has 0 fully saturated rings. The molecule has 0 aliphatic heterocycles. The summed E-state index contributed by atoms with van der Waals surface area (Å²) in [5.41, 5.74) is 0.964. The molecule has 5 nitrogen and oxygen atoms in total.